The number of amides is 1. The SMILES string of the molecule is COc1nc(OC)nc(N2CCC(C(=O)NCC#N)CC2)n1. The van der Waals surface area contributed by atoms with Crippen molar-refractivity contribution < 1.29 is 14.3 Å². The van der Waals surface area contributed by atoms with E-state index in [1.54, 1.807) is 0 Å². The first-order valence-corrected chi connectivity index (χ1v) is 6.91. The van der Waals surface area contributed by atoms with Gasteiger partial charge in [0.05, 0.1) is 20.3 Å². The molecule has 1 amide bonds. The number of carbonyl (C=O) groups is 1. The minimum atomic E-state index is -0.0878. The van der Waals surface area contributed by atoms with Crippen molar-refractivity contribution >= 4 is 11.9 Å². The highest BCUT2D eigenvalue weighted by atomic mass is 16.5. The number of piperidine rings is 1. The molecule has 0 radical (unpaired) electrons. The molecule has 22 heavy (non-hydrogen) atoms. The Labute approximate surface area is 128 Å². The van der Waals surface area contributed by atoms with E-state index in [0.717, 1.165) is 0 Å². The second kappa shape index (κ2) is 7.40. The minimum Gasteiger partial charge on any atom is -0.467 e. The zero-order chi connectivity index (χ0) is 15.9. The number of nitriles is 1. The third kappa shape index (κ3) is 3.72. The Balaban J connectivity index is 1.99. The summed E-state index contributed by atoms with van der Waals surface area (Å²) in [4.78, 5) is 26.2. The molecule has 1 saturated heterocycles. The average molecular weight is 306 g/mol. The fourth-order valence-corrected chi connectivity index (χ4v) is 2.26. The molecule has 0 unspecified atom stereocenters. The van der Waals surface area contributed by atoms with Gasteiger partial charge in [0.1, 0.15) is 6.54 Å². The molecule has 2 rings (SSSR count). The van der Waals surface area contributed by atoms with E-state index in [0.29, 0.717) is 31.9 Å². The summed E-state index contributed by atoms with van der Waals surface area (Å²) in [5.74, 6) is 0.307. The van der Waals surface area contributed by atoms with Crippen LogP contribution in [0, 0.1) is 17.2 Å². The van der Waals surface area contributed by atoms with Crippen molar-refractivity contribution in [3.63, 3.8) is 0 Å². The summed E-state index contributed by atoms with van der Waals surface area (Å²) in [6.45, 7) is 1.32. The highest BCUT2D eigenvalue weighted by molar-refractivity contribution is 5.79. The Morgan fingerprint density at radius 2 is 1.86 bits per heavy atom. The second-order valence-corrected chi connectivity index (χ2v) is 4.75. The zero-order valence-electron chi connectivity index (χ0n) is 12.6. The van der Waals surface area contributed by atoms with E-state index in [1.165, 1.54) is 14.2 Å². The summed E-state index contributed by atoms with van der Waals surface area (Å²) in [5.41, 5.74) is 0. The molecule has 0 spiro atoms. The molecule has 1 N–H and O–H groups in total. The Kier molecular flexibility index (Phi) is 5.30. The van der Waals surface area contributed by atoms with Gasteiger partial charge in [-0.1, -0.05) is 0 Å². The summed E-state index contributed by atoms with van der Waals surface area (Å²) in [6.07, 6.45) is 1.35. The average Bonchev–Trinajstić information content (AvgIpc) is 2.59. The third-order valence-corrected chi connectivity index (χ3v) is 3.44. The van der Waals surface area contributed by atoms with Crippen LogP contribution in [0.3, 0.4) is 0 Å². The number of nitrogens with zero attached hydrogens (tertiary/aromatic N) is 5. The predicted octanol–water partition coefficient (Wildman–Crippen LogP) is -0.255. The Hall–Kier alpha value is -2.63. The number of methoxy groups -OCH3 is 2. The molecule has 1 aromatic heterocycles. The molecule has 0 bridgehead atoms. The van der Waals surface area contributed by atoms with Gasteiger partial charge in [0, 0.05) is 19.0 Å². The van der Waals surface area contributed by atoms with Crippen LogP contribution >= 0.6 is 0 Å². The van der Waals surface area contributed by atoms with Gasteiger partial charge in [-0.3, -0.25) is 4.79 Å². The molecule has 0 aromatic carbocycles. The van der Waals surface area contributed by atoms with Crippen molar-refractivity contribution in [1.29, 1.82) is 5.26 Å². The fraction of sp³-hybridized carbons (Fsp3) is 0.615. The van der Waals surface area contributed by atoms with Gasteiger partial charge >= 0.3 is 12.0 Å². The van der Waals surface area contributed by atoms with Crippen LogP contribution in [0.25, 0.3) is 0 Å². The number of ether oxygens (including phenoxy) is 2. The lowest BCUT2D eigenvalue weighted by Gasteiger charge is -2.31. The van der Waals surface area contributed by atoms with Crippen molar-refractivity contribution in [2.45, 2.75) is 12.8 Å². The van der Waals surface area contributed by atoms with Crippen LogP contribution in [0.5, 0.6) is 12.0 Å². The van der Waals surface area contributed by atoms with E-state index < -0.39 is 0 Å². The molecule has 0 saturated carbocycles. The van der Waals surface area contributed by atoms with Crippen molar-refractivity contribution in [2.24, 2.45) is 5.92 Å². The lowest BCUT2D eigenvalue weighted by molar-refractivity contribution is -0.125. The van der Waals surface area contributed by atoms with Gasteiger partial charge in [-0.2, -0.15) is 15.2 Å². The molecule has 2 heterocycles. The number of rotatable bonds is 5. The van der Waals surface area contributed by atoms with Crippen LogP contribution in [0.2, 0.25) is 0 Å². The normalized spacial score (nSPS) is 15.0. The van der Waals surface area contributed by atoms with Crippen LogP contribution < -0.4 is 19.7 Å². The molecule has 9 nitrogen and oxygen atoms in total. The number of nitrogens with one attached hydrogen (secondary N) is 1. The number of aromatic nitrogens is 3. The summed E-state index contributed by atoms with van der Waals surface area (Å²) in [6, 6.07) is 2.28. The van der Waals surface area contributed by atoms with Gasteiger partial charge < -0.3 is 19.7 Å². The number of carbonyl (C=O) groups excluding carboxylic acids is 1. The monoisotopic (exact) mass is 306 g/mol. The predicted molar refractivity (Wildman–Crippen MR) is 76.5 cm³/mol. The largest absolute Gasteiger partial charge is 0.467 e. The Bertz CT molecular complexity index is 543. The Morgan fingerprint density at radius 1 is 1.27 bits per heavy atom. The summed E-state index contributed by atoms with van der Waals surface area (Å²) in [5, 5.41) is 11.1. The molecular formula is C13H18N6O3. The van der Waals surface area contributed by atoms with Gasteiger partial charge in [0.25, 0.3) is 0 Å². The number of hydrogen-bond acceptors (Lipinski definition) is 8. The quantitative estimate of drug-likeness (QED) is 0.741. The van der Waals surface area contributed by atoms with Gasteiger partial charge in [-0.05, 0) is 12.8 Å². The molecule has 1 aliphatic heterocycles. The van der Waals surface area contributed by atoms with E-state index >= 15 is 0 Å². The highest BCUT2D eigenvalue weighted by Crippen LogP contribution is 2.23. The molecule has 0 atom stereocenters. The highest BCUT2D eigenvalue weighted by Gasteiger charge is 2.26. The smallest absolute Gasteiger partial charge is 0.324 e. The van der Waals surface area contributed by atoms with E-state index in [4.69, 9.17) is 14.7 Å². The van der Waals surface area contributed by atoms with E-state index in [1.807, 2.05) is 11.0 Å². The van der Waals surface area contributed by atoms with E-state index in [-0.39, 0.29) is 30.4 Å². The number of hydrogen-bond donors (Lipinski definition) is 1. The van der Waals surface area contributed by atoms with Crippen LogP contribution in [0.15, 0.2) is 0 Å². The summed E-state index contributed by atoms with van der Waals surface area (Å²) >= 11 is 0. The van der Waals surface area contributed by atoms with Gasteiger partial charge in [0.2, 0.25) is 11.9 Å². The molecular weight excluding hydrogens is 288 g/mol. The molecule has 9 heteroatoms. The standard InChI is InChI=1S/C13H18N6O3/c1-21-12-16-11(17-13(18-12)22-2)19-7-3-9(4-8-19)10(20)15-6-5-14/h9H,3-4,6-8H2,1-2H3,(H,15,20). The lowest BCUT2D eigenvalue weighted by Crippen LogP contribution is -2.41. The van der Waals surface area contributed by atoms with E-state index in [2.05, 4.69) is 20.3 Å². The maximum atomic E-state index is 11.8. The van der Waals surface area contributed by atoms with Gasteiger partial charge in [0.15, 0.2) is 0 Å². The molecule has 1 fully saturated rings. The lowest BCUT2D eigenvalue weighted by atomic mass is 9.96. The van der Waals surface area contributed by atoms with Crippen molar-refractivity contribution in [2.75, 3.05) is 38.8 Å². The van der Waals surface area contributed by atoms with Crippen LogP contribution in [-0.4, -0.2) is 54.7 Å². The molecule has 118 valence electrons. The van der Waals surface area contributed by atoms with Crippen LogP contribution in [-0.2, 0) is 4.79 Å². The molecule has 0 aliphatic carbocycles. The Morgan fingerprint density at radius 3 is 2.36 bits per heavy atom. The second-order valence-electron chi connectivity index (χ2n) is 4.75. The van der Waals surface area contributed by atoms with Crippen molar-refractivity contribution in [3.05, 3.63) is 0 Å². The third-order valence-electron chi connectivity index (χ3n) is 3.44. The first kappa shape index (κ1) is 15.8. The maximum Gasteiger partial charge on any atom is 0.324 e. The van der Waals surface area contributed by atoms with Crippen LogP contribution in [0.1, 0.15) is 12.8 Å². The van der Waals surface area contributed by atoms with Gasteiger partial charge in [-0.15, -0.1) is 4.98 Å². The van der Waals surface area contributed by atoms with Crippen molar-refractivity contribution in [3.8, 4) is 18.1 Å². The topological polar surface area (TPSA) is 113 Å². The van der Waals surface area contributed by atoms with Crippen molar-refractivity contribution in [1.82, 2.24) is 20.3 Å². The first-order chi connectivity index (χ1) is 10.7. The molecule has 1 aromatic rings. The zero-order valence-corrected chi connectivity index (χ0v) is 12.6. The van der Waals surface area contributed by atoms with Crippen LogP contribution in [0.4, 0.5) is 5.95 Å². The first-order valence-electron chi connectivity index (χ1n) is 6.91. The fourth-order valence-electron chi connectivity index (χ4n) is 2.26. The number of anilines is 1. The van der Waals surface area contributed by atoms with Gasteiger partial charge in [-0.25, -0.2) is 0 Å². The minimum absolute atomic E-state index is 0.0426. The maximum absolute atomic E-state index is 11.8. The summed E-state index contributed by atoms with van der Waals surface area (Å²) in [7, 11) is 2.95. The molecule has 1 aliphatic rings. The summed E-state index contributed by atoms with van der Waals surface area (Å²) < 4.78 is 10.1. The van der Waals surface area contributed by atoms with E-state index in [9.17, 15) is 4.79 Å².